The molecule has 1 saturated heterocycles. The molecule has 3 N–H and O–H groups in total. The van der Waals surface area contributed by atoms with Crippen molar-refractivity contribution < 1.29 is 22.8 Å². The van der Waals surface area contributed by atoms with Crippen molar-refractivity contribution in [1.29, 1.82) is 0 Å². The second-order valence-electron chi connectivity index (χ2n) is 6.89. The molecule has 1 fully saturated rings. The molecule has 0 saturated carbocycles. The molecule has 0 atom stereocenters. The fraction of sp³-hybridized carbons (Fsp3) is 0.211. The van der Waals surface area contributed by atoms with E-state index in [-0.39, 0.29) is 41.5 Å². The molecule has 0 bridgehead atoms. The van der Waals surface area contributed by atoms with Gasteiger partial charge >= 0.3 is 5.97 Å². The average molecular weight is 454 g/mol. The molecular weight excluding hydrogens is 439 g/mol. The number of nitrogens with one attached hydrogen (secondary N) is 1. The highest BCUT2D eigenvalue weighted by atomic mass is 35.5. The van der Waals surface area contributed by atoms with Gasteiger partial charge in [0.15, 0.2) is 16.6 Å². The van der Waals surface area contributed by atoms with Crippen molar-refractivity contribution in [3.05, 3.63) is 62.8 Å². The lowest BCUT2D eigenvalue weighted by Gasteiger charge is -2.34. The molecule has 8 nitrogen and oxygen atoms in total. The van der Waals surface area contributed by atoms with Gasteiger partial charge < -0.3 is 15.9 Å². The highest BCUT2D eigenvalue weighted by Gasteiger charge is 2.29. The normalized spacial score (nSPS) is 14.5. The van der Waals surface area contributed by atoms with Crippen LogP contribution in [0.3, 0.4) is 0 Å². The summed E-state index contributed by atoms with van der Waals surface area (Å²) in [5.41, 5.74) is 3.69. The van der Waals surface area contributed by atoms with Gasteiger partial charge in [0.1, 0.15) is 17.2 Å². The number of hydroxylamine groups is 2. The molecule has 12 heteroatoms. The first-order chi connectivity index (χ1) is 14.7. The number of benzene rings is 1. The number of hydrogen-bond acceptors (Lipinski definition) is 7. The van der Waals surface area contributed by atoms with Crippen LogP contribution in [0.15, 0.2) is 29.2 Å². The highest BCUT2D eigenvalue weighted by molar-refractivity contribution is 6.29. The number of fused-ring (bicyclic) bond motifs is 1. The minimum atomic E-state index is -1.04. The Morgan fingerprint density at radius 2 is 1.94 bits per heavy atom. The van der Waals surface area contributed by atoms with Crippen LogP contribution in [0, 0.1) is 17.5 Å². The van der Waals surface area contributed by atoms with Crippen molar-refractivity contribution in [2.75, 3.05) is 25.5 Å². The third kappa shape index (κ3) is 3.71. The highest BCUT2D eigenvalue weighted by Crippen LogP contribution is 2.26. The summed E-state index contributed by atoms with van der Waals surface area (Å²) < 4.78 is 43.7. The standard InChI is InChI=1S/C19H15ClF3N5O3/c1-25-14-4-15(12(22)3-11(14)21)28-7-10(19(30)31-27-5-8(24)6-27)16(29)9-2-13(23)17(20)26-18(9)28/h2-4,7-8,25H,5-6,24H2,1H3. The molecule has 0 amide bonds. The Morgan fingerprint density at radius 3 is 2.58 bits per heavy atom. The first-order valence-electron chi connectivity index (χ1n) is 9.01. The summed E-state index contributed by atoms with van der Waals surface area (Å²) in [6, 6.07) is 2.35. The Labute approximate surface area is 177 Å². The van der Waals surface area contributed by atoms with Crippen LogP contribution in [0.4, 0.5) is 18.9 Å². The summed E-state index contributed by atoms with van der Waals surface area (Å²) in [5.74, 6) is -3.93. The Kier molecular flexibility index (Phi) is 5.33. The van der Waals surface area contributed by atoms with Crippen LogP contribution in [-0.4, -0.2) is 46.8 Å². The maximum atomic E-state index is 14.7. The van der Waals surface area contributed by atoms with E-state index in [1.54, 1.807) is 0 Å². The zero-order valence-corrected chi connectivity index (χ0v) is 16.7. The van der Waals surface area contributed by atoms with Gasteiger partial charge in [-0.1, -0.05) is 11.6 Å². The predicted molar refractivity (Wildman–Crippen MR) is 107 cm³/mol. The van der Waals surface area contributed by atoms with E-state index in [1.807, 2.05) is 0 Å². The quantitative estimate of drug-likeness (QED) is 0.584. The Hall–Kier alpha value is -3.15. The molecule has 2 aromatic heterocycles. The fourth-order valence-corrected chi connectivity index (χ4v) is 3.29. The SMILES string of the molecule is CNc1cc(-n2cc(C(=O)ON3CC(N)C3)c(=O)c3cc(F)c(Cl)nc32)c(F)cc1F. The first kappa shape index (κ1) is 21.1. The molecule has 4 rings (SSSR count). The number of pyridine rings is 2. The van der Waals surface area contributed by atoms with Crippen molar-refractivity contribution in [2.45, 2.75) is 6.04 Å². The van der Waals surface area contributed by atoms with Crippen molar-refractivity contribution in [3.63, 3.8) is 0 Å². The van der Waals surface area contributed by atoms with E-state index in [0.717, 1.165) is 22.9 Å². The lowest BCUT2D eigenvalue weighted by Crippen LogP contribution is -2.56. The van der Waals surface area contributed by atoms with E-state index in [1.165, 1.54) is 12.1 Å². The first-order valence-corrected chi connectivity index (χ1v) is 9.38. The van der Waals surface area contributed by atoms with Crippen molar-refractivity contribution in [1.82, 2.24) is 14.6 Å². The fourth-order valence-electron chi connectivity index (χ4n) is 3.16. The number of aromatic nitrogens is 2. The van der Waals surface area contributed by atoms with E-state index in [2.05, 4.69) is 10.3 Å². The summed E-state index contributed by atoms with van der Waals surface area (Å²) in [6.07, 6.45) is 0.990. The molecule has 0 unspecified atom stereocenters. The number of rotatable bonds is 4. The topological polar surface area (TPSA) is 102 Å². The van der Waals surface area contributed by atoms with Gasteiger partial charge in [0.2, 0.25) is 5.43 Å². The predicted octanol–water partition coefficient (Wildman–Crippen LogP) is 2.21. The molecule has 162 valence electrons. The molecule has 3 aromatic rings. The number of hydrogen-bond donors (Lipinski definition) is 2. The van der Waals surface area contributed by atoms with Gasteiger partial charge in [0.05, 0.1) is 29.9 Å². The Morgan fingerprint density at radius 1 is 1.23 bits per heavy atom. The van der Waals surface area contributed by atoms with Gasteiger partial charge in [-0.2, -0.15) is 0 Å². The van der Waals surface area contributed by atoms with Crippen LogP contribution in [-0.2, 0) is 4.84 Å². The van der Waals surface area contributed by atoms with Crippen LogP contribution in [0.2, 0.25) is 5.15 Å². The average Bonchev–Trinajstić information content (AvgIpc) is 2.69. The molecule has 0 spiro atoms. The molecule has 1 aliphatic heterocycles. The number of anilines is 1. The van der Waals surface area contributed by atoms with Gasteiger partial charge in [-0.25, -0.2) is 22.9 Å². The lowest BCUT2D eigenvalue weighted by atomic mass is 10.1. The van der Waals surface area contributed by atoms with Gasteiger partial charge in [-0.15, -0.1) is 5.06 Å². The zero-order valence-electron chi connectivity index (χ0n) is 16.0. The van der Waals surface area contributed by atoms with Crippen LogP contribution in [0.25, 0.3) is 16.7 Å². The van der Waals surface area contributed by atoms with E-state index in [9.17, 15) is 22.8 Å². The van der Waals surface area contributed by atoms with Crippen molar-refractivity contribution >= 4 is 34.3 Å². The summed E-state index contributed by atoms with van der Waals surface area (Å²) in [4.78, 5) is 34.4. The third-order valence-corrected chi connectivity index (χ3v) is 5.03. The van der Waals surface area contributed by atoms with Crippen molar-refractivity contribution in [2.24, 2.45) is 5.73 Å². The van der Waals surface area contributed by atoms with Gasteiger partial charge in [-0.3, -0.25) is 9.36 Å². The maximum Gasteiger partial charge on any atom is 0.362 e. The summed E-state index contributed by atoms with van der Waals surface area (Å²) in [7, 11) is 1.43. The number of halogens is 4. The van der Waals surface area contributed by atoms with E-state index in [4.69, 9.17) is 22.2 Å². The largest absolute Gasteiger partial charge is 0.386 e. The number of nitrogens with two attached hydrogens (primary N) is 1. The monoisotopic (exact) mass is 453 g/mol. The van der Waals surface area contributed by atoms with E-state index in [0.29, 0.717) is 6.07 Å². The minimum Gasteiger partial charge on any atom is -0.386 e. The molecule has 0 radical (unpaired) electrons. The molecule has 1 aromatic carbocycles. The Bertz CT molecular complexity index is 1280. The molecule has 0 aliphatic carbocycles. The minimum absolute atomic E-state index is 0.0600. The van der Waals surface area contributed by atoms with E-state index >= 15 is 0 Å². The smallest absolute Gasteiger partial charge is 0.362 e. The summed E-state index contributed by atoms with van der Waals surface area (Å²) in [5, 5.41) is 2.90. The second kappa shape index (κ2) is 7.84. The van der Waals surface area contributed by atoms with Crippen LogP contribution >= 0.6 is 11.6 Å². The Balaban J connectivity index is 1.96. The lowest BCUT2D eigenvalue weighted by molar-refractivity contribution is -0.155. The second-order valence-corrected chi connectivity index (χ2v) is 7.25. The third-order valence-electron chi connectivity index (χ3n) is 4.76. The van der Waals surface area contributed by atoms with Crippen LogP contribution < -0.4 is 16.5 Å². The molecular formula is C19H15ClF3N5O3. The number of carbonyl (C=O) groups excluding carboxylic acids is 1. The van der Waals surface area contributed by atoms with Gasteiger partial charge in [0, 0.05) is 25.4 Å². The van der Waals surface area contributed by atoms with Crippen LogP contribution in [0.1, 0.15) is 10.4 Å². The molecule has 31 heavy (non-hydrogen) atoms. The summed E-state index contributed by atoms with van der Waals surface area (Å²) in [6.45, 7) is 0.550. The van der Waals surface area contributed by atoms with E-state index < -0.39 is 39.6 Å². The van der Waals surface area contributed by atoms with Gasteiger partial charge in [-0.05, 0) is 12.1 Å². The number of carbonyl (C=O) groups is 1. The zero-order chi connectivity index (χ0) is 22.4. The van der Waals surface area contributed by atoms with Gasteiger partial charge in [0.25, 0.3) is 0 Å². The summed E-state index contributed by atoms with van der Waals surface area (Å²) >= 11 is 5.76. The van der Waals surface area contributed by atoms with Crippen molar-refractivity contribution in [3.8, 4) is 5.69 Å². The molecule has 3 heterocycles. The van der Waals surface area contributed by atoms with Crippen LogP contribution in [0.5, 0.6) is 0 Å². The molecule has 1 aliphatic rings. The number of nitrogens with zero attached hydrogens (tertiary/aromatic N) is 3. The maximum absolute atomic E-state index is 14.7.